The topological polar surface area (TPSA) is 39.7 Å². The first-order valence-corrected chi connectivity index (χ1v) is 5.84. The van der Waals surface area contributed by atoms with Crippen molar-refractivity contribution >= 4 is 0 Å². The maximum absolute atomic E-state index is 5.62. The summed E-state index contributed by atoms with van der Waals surface area (Å²) < 4.78 is 11.1. The lowest BCUT2D eigenvalue weighted by Crippen LogP contribution is -2.29. The van der Waals surface area contributed by atoms with Gasteiger partial charge < -0.3 is 9.47 Å². The molecular weight excluding hydrogens is 218 g/mol. The van der Waals surface area contributed by atoms with Crippen LogP contribution < -0.4 is 15.0 Å². The van der Waals surface area contributed by atoms with Crippen molar-refractivity contribution in [3.05, 3.63) is 23.8 Å². The summed E-state index contributed by atoms with van der Waals surface area (Å²) in [6.45, 7) is 7.82. The molecule has 1 aliphatic heterocycles. The maximum Gasteiger partial charge on any atom is 0.165 e. The molecule has 0 amide bonds. The number of hydrogen-bond donors (Lipinski definition) is 1. The van der Waals surface area contributed by atoms with Crippen molar-refractivity contribution in [3.8, 4) is 11.5 Å². The Morgan fingerprint density at radius 2 is 2.00 bits per heavy atom. The van der Waals surface area contributed by atoms with Crippen LogP contribution in [0.5, 0.6) is 11.5 Å². The van der Waals surface area contributed by atoms with Gasteiger partial charge >= 0.3 is 0 Å². The van der Waals surface area contributed by atoms with E-state index in [-0.39, 0.29) is 5.60 Å². The number of ether oxygens (including phenoxy) is 2. The van der Waals surface area contributed by atoms with Gasteiger partial charge in [-0.1, -0.05) is 12.1 Å². The Hall–Kier alpha value is -1.26. The first-order valence-electron chi connectivity index (χ1n) is 5.84. The molecule has 0 saturated heterocycles. The molecule has 1 heterocycles. The fourth-order valence-electron chi connectivity index (χ4n) is 1.60. The largest absolute Gasteiger partial charge is 0.486 e. The van der Waals surface area contributed by atoms with Crippen LogP contribution >= 0.6 is 0 Å². The van der Waals surface area contributed by atoms with E-state index in [2.05, 4.69) is 5.48 Å². The van der Waals surface area contributed by atoms with Crippen molar-refractivity contribution in [1.29, 1.82) is 0 Å². The number of para-hydroxylation sites is 1. The minimum Gasteiger partial charge on any atom is -0.486 e. The van der Waals surface area contributed by atoms with Crippen LogP contribution in [0, 0.1) is 0 Å². The summed E-state index contributed by atoms with van der Waals surface area (Å²) in [4.78, 5) is 5.48. The molecule has 0 unspecified atom stereocenters. The van der Waals surface area contributed by atoms with E-state index in [4.69, 9.17) is 14.3 Å². The summed E-state index contributed by atoms with van der Waals surface area (Å²) in [6.07, 6.45) is 0. The van der Waals surface area contributed by atoms with Crippen LogP contribution in [0.1, 0.15) is 26.3 Å². The van der Waals surface area contributed by atoms with E-state index < -0.39 is 0 Å². The van der Waals surface area contributed by atoms with Crippen LogP contribution in [-0.4, -0.2) is 18.8 Å². The van der Waals surface area contributed by atoms with Gasteiger partial charge in [-0.15, -0.1) is 0 Å². The average molecular weight is 237 g/mol. The lowest BCUT2D eigenvalue weighted by atomic mass is 10.2. The molecule has 4 nitrogen and oxygen atoms in total. The molecule has 1 aliphatic rings. The number of hydroxylamine groups is 1. The minimum atomic E-state index is -0.202. The summed E-state index contributed by atoms with van der Waals surface area (Å²) in [6, 6.07) is 5.89. The van der Waals surface area contributed by atoms with Gasteiger partial charge in [0.15, 0.2) is 11.5 Å². The number of hydrogen-bond acceptors (Lipinski definition) is 4. The molecule has 17 heavy (non-hydrogen) atoms. The molecule has 2 rings (SSSR count). The molecule has 1 aromatic carbocycles. The molecule has 0 aromatic heterocycles. The Bertz CT molecular complexity index is 385. The molecule has 0 aliphatic carbocycles. The monoisotopic (exact) mass is 237 g/mol. The van der Waals surface area contributed by atoms with Gasteiger partial charge in [0, 0.05) is 12.1 Å². The molecule has 0 fully saturated rings. The van der Waals surface area contributed by atoms with E-state index >= 15 is 0 Å². The molecule has 94 valence electrons. The molecule has 0 saturated carbocycles. The van der Waals surface area contributed by atoms with Crippen molar-refractivity contribution in [2.75, 3.05) is 13.2 Å². The third kappa shape index (κ3) is 3.35. The fraction of sp³-hybridized carbons (Fsp3) is 0.538. The maximum atomic E-state index is 5.62. The van der Waals surface area contributed by atoms with Gasteiger partial charge in [0.1, 0.15) is 13.2 Å². The van der Waals surface area contributed by atoms with E-state index in [1.807, 2.05) is 39.0 Å². The molecule has 4 heteroatoms. The van der Waals surface area contributed by atoms with Gasteiger partial charge in [0.25, 0.3) is 0 Å². The van der Waals surface area contributed by atoms with Crippen LogP contribution in [0.25, 0.3) is 0 Å². The Morgan fingerprint density at radius 1 is 1.24 bits per heavy atom. The Balaban J connectivity index is 2.01. The lowest BCUT2D eigenvalue weighted by molar-refractivity contribution is -0.0760. The normalized spacial score (nSPS) is 14.8. The predicted molar refractivity (Wildman–Crippen MR) is 65.1 cm³/mol. The van der Waals surface area contributed by atoms with Crippen molar-refractivity contribution in [2.45, 2.75) is 32.9 Å². The smallest absolute Gasteiger partial charge is 0.165 e. The SMILES string of the molecule is CC(C)(C)ONCc1cccc2c1OCCO2. The highest BCUT2D eigenvalue weighted by Gasteiger charge is 2.16. The minimum absolute atomic E-state index is 0.202. The van der Waals surface area contributed by atoms with Crippen molar-refractivity contribution in [2.24, 2.45) is 0 Å². The molecule has 0 spiro atoms. The van der Waals surface area contributed by atoms with Gasteiger partial charge in [-0.05, 0) is 26.8 Å². The van der Waals surface area contributed by atoms with E-state index in [0.29, 0.717) is 19.8 Å². The summed E-state index contributed by atoms with van der Waals surface area (Å²) in [5, 5.41) is 0. The highest BCUT2D eigenvalue weighted by Crippen LogP contribution is 2.33. The molecular formula is C13H19NO3. The van der Waals surface area contributed by atoms with Crippen LogP contribution in [0.2, 0.25) is 0 Å². The molecule has 0 atom stereocenters. The van der Waals surface area contributed by atoms with Gasteiger partial charge in [0.05, 0.1) is 5.60 Å². The number of benzene rings is 1. The fourth-order valence-corrected chi connectivity index (χ4v) is 1.60. The zero-order chi connectivity index (χ0) is 12.3. The summed E-state index contributed by atoms with van der Waals surface area (Å²) in [7, 11) is 0. The second kappa shape index (κ2) is 4.94. The van der Waals surface area contributed by atoms with E-state index in [1.165, 1.54) is 0 Å². The highest BCUT2D eigenvalue weighted by atomic mass is 16.7. The van der Waals surface area contributed by atoms with E-state index in [0.717, 1.165) is 17.1 Å². The van der Waals surface area contributed by atoms with Crippen LogP contribution in [0.15, 0.2) is 18.2 Å². The van der Waals surface area contributed by atoms with Crippen LogP contribution in [0.4, 0.5) is 0 Å². The molecule has 1 aromatic rings. The number of nitrogens with one attached hydrogen (secondary N) is 1. The van der Waals surface area contributed by atoms with Crippen molar-refractivity contribution in [1.82, 2.24) is 5.48 Å². The summed E-state index contributed by atoms with van der Waals surface area (Å²) >= 11 is 0. The Morgan fingerprint density at radius 3 is 2.76 bits per heavy atom. The van der Waals surface area contributed by atoms with Gasteiger partial charge in [-0.2, -0.15) is 5.48 Å². The summed E-state index contributed by atoms with van der Waals surface area (Å²) in [5.74, 6) is 1.63. The third-order valence-corrected chi connectivity index (χ3v) is 2.29. The predicted octanol–water partition coefficient (Wildman–Crippen LogP) is 2.28. The third-order valence-electron chi connectivity index (χ3n) is 2.29. The van der Waals surface area contributed by atoms with E-state index in [1.54, 1.807) is 0 Å². The Kier molecular flexibility index (Phi) is 3.54. The van der Waals surface area contributed by atoms with Crippen molar-refractivity contribution < 1.29 is 14.3 Å². The van der Waals surface area contributed by atoms with Crippen LogP contribution in [-0.2, 0) is 11.4 Å². The molecule has 0 bridgehead atoms. The first kappa shape index (κ1) is 12.2. The second-order valence-corrected chi connectivity index (χ2v) is 4.98. The van der Waals surface area contributed by atoms with Gasteiger partial charge in [-0.25, -0.2) is 0 Å². The zero-order valence-electron chi connectivity index (χ0n) is 10.6. The van der Waals surface area contributed by atoms with Gasteiger partial charge in [0.2, 0.25) is 0 Å². The standard InChI is InChI=1S/C13H19NO3/c1-13(2,3)17-14-9-10-5-4-6-11-12(10)16-8-7-15-11/h4-6,14H,7-9H2,1-3H3. The quantitative estimate of drug-likeness (QED) is 0.819. The van der Waals surface area contributed by atoms with Gasteiger partial charge in [-0.3, -0.25) is 4.84 Å². The zero-order valence-corrected chi connectivity index (χ0v) is 10.6. The van der Waals surface area contributed by atoms with Crippen molar-refractivity contribution in [3.63, 3.8) is 0 Å². The lowest BCUT2D eigenvalue weighted by Gasteiger charge is -2.23. The average Bonchev–Trinajstić information content (AvgIpc) is 2.28. The van der Waals surface area contributed by atoms with E-state index in [9.17, 15) is 0 Å². The van der Waals surface area contributed by atoms with Crippen LogP contribution in [0.3, 0.4) is 0 Å². The second-order valence-electron chi connectivity index (χ2n) is 4.98. The number of rotatable bonds is 3. The molecule has 1 N–H and O–H groups in total. The molecule has 0 radical (unpaired) electrons. The highest BCUT2D eigenvalue weighted by molar-refractivity contribution is 5.47. The Labute approximate surface area is 102 Å². The first-order chi connectivity index (χ1) is 8.06. The summed E-state index contributed by atoms with van der Waals surface area (Å²) in [5.41, 5.74) is 3.80. The number of fused-ring (bicyclic) bond motifs is 1.